The number of allylic oxidation sites excluding steroid dienone is 15. The number of hydrogen-bond donors (Lipinski definition) is 12. The molecule has 19 nitrogen and oxygen atoms in total. The van der Waals surface area contributed by atoms with Crippen LogP contribution in [0.25, 0.3) is 0 Å². The van der Waals surface area contributed by atoms with Gasteiger partial charge in [-0.2, -0.15) is 0 Å². The van der Waals surface area contributed by atoms with Gasteiger partial charge >= 0.3 is 0 Å². The fraction of sp³-hybridized carbons (Fsp3) is 0.770. The summed E-state index contributed by atoms with van der Waals surface area (Å²) in [6.45, 7) is 1.57. The van der Waals surface area contributed by atoms with Crippen LogP contribution in [-0.4, -0.2) is 193 Å². The van der Waals surface area contributed by atoms with Crippen molar-refractivity contribution >= 4 is 5.91 Å². The molecule has 3 aliphatic rings. The van der Waals surface area contributed by atoms with Crippen LogP contribution in [0.1, 0.15) is 232 Å². The van der Waals surface area contributed by atoms with Crippen molar-refractivity contribution in [1.29, 1.82) is 0 Å². The second-order valence-electron chi connectivity index (χ2n) is 25.3. The molecule has 0 saturated carbocycles. The van der Waals surface area contributed by atoms with E-state index in [4.69, 9.17) is 28.4 Å². The van der Waals surface area contributed by atoms with Gasteiger partial charge in [-0.3, -0.25) is 4.79 Å². The highest BCUT2D eigenvalue weighted by Crippen LogP contribution is 2.33. The molecule has 0 aliphatic carbocycles. The van der Waals surface area contributed by atoms with Crippen molar-refractivity contribution in [3.05, 3.63) is 97.2 Å². The predicted octanol–water partition coefficient (Wildman–Crippen LogP) is 10.0. The molecule has 0 aromatic heterocycles. The summed E-state index contributed by atoms with van der Waals surface area (Å²) in [6, 6.07) is -1.02. The van der Waals surface area contributed by atoms with Crippen molar-refractivity contribution in [1.82, 2.24) is 5.32 Å². The minimum Gasteiger partial charge on any atom is -0.394 e. The van der Waals surface area contributed by atoms with Gasteiger partial charge in [0.1, 0.15) is 73.2 Å². The molecule has 93 heavy (non-hydrogen) atoms. The summed E-state index contributed by atoms with van der Waals surface area (Å²) in [5.41, 5.74) is 0. The molecular weight excluding hydrogens is 1190 g/mol. The number of amides is 1. The number of rotatable bonds is 54. The largest absolute Gasteiger partial charge is 0.394 e. The third kappa shape index (κ3) is 36.2. The Kier molecular flexibility index (Phi) is 49.4. The van der Waals surface area contributed by atoms with E-state index in [1.54, 1.807) is 6.08 Å². The van der Waals surface area contributed by atoms with Gasteiger partial charge in [-0.15, -0.1) is 0 Å². The van der Waals surface area contributed by atoms with Gasteiger partial charge in [0.25, 0.3) is 0 Å². The van der Waals surface area contributed by atoms with E-state index >= 15 is 0 Å². The zero-order valence-electron chi connectivity index (χ0n) is 56.7. The number of nitrogens with one attached hydrogen (secondary N) is 1. The van der Waals surface area contributed by atoms with Crippen LogP contribution >= 0.6 is 0 Å². The van der Waals surface area contributed by atoms with Gasteiger partial charge in [-0.1, -0.05) is 239 Å². The zero-order valence-corrected chi connectivity index (χ0v) is 56.7. The fourth-order valence-corrected chi connectivity index (χ4v) is 11.6. The molecule has 3 fully saturated rings. The van der Waals surface area contributed by atoms with E-state index in [9.17, 15) is 61.0 Å². The molecule has 17 atom stereocenters. The quantitative estimate of drug-likeness (QED) is 0.0199. The second-order valence-corrected chi connectivity index (χ2v) is 25.3. The van der Waals surface area contributed by atoms with Crippen molar-refractivity contribution in [3.63, 3.8) is 0 Å². The van der Waals surface area contributed by atoms with E-state index in [1.165, 1.54) is 128 Å². The van der Waals surface area contributed by atoms with Gasteiger partial charge in [0.15, 0.2) is 18.9 Å². The van der Waals surface area contributed by atoms with Crippen LogP contribution in [0, 0.1) is 0 Å². The van der Waals surface area contributed by atoms with Crippen molar-refractivity contribution in [2.24, 2.45) is 0 Å². The minimum absolute atomic E-state index is 0.175. The molecular formula is C74H127NO18. The number of carbonyl (C=O) groups is 1. The summed E-state index contributed by atoms with van der Waals surface area (Å²) in [5, 5.41) is 121. The summed E-state index contributed by atoms with van der Waals surface area (Å²) in [4.78, 5) is 13.4. The Bertz CT molecular complexity index is 2060. The summed E-state index contributed by atoms with van der Waals surface area (Å²) < 4.78 is 34.3. The highest BCUT2D eigenvalue weighted by Gasteiger charge is 2.53. The molecule has 12 N–H and O–H groups in total. The molecule has 3 saturated heterocycles. The number of hydrogen-bond acceptors (Lipinski definition) is 18. The molecule has 17 unspecified atom stereocenters. The van der Waals surface area contributed by atoms with Gasteiger partial charge in [0.2, 0.25) is 5.91 Å². The smallest absolute Gasteiger partial charge is 0.220 e. The van der Waals surface area contributed by atoms with Crippen molar-refractivity contribution in [2.45, 2.75) is 336 Å². The van der Waals surface area contributed by atoms with Crippen molar-refractivity contribution in [3.8, 4) is 0 Å². The summed E-state index contributed by atoms with van der Waals surface area (Å²) in [6.07, 6.45) is 45.4. The highest BCUT2D eigenvalue weighted by atomic mass is 16.8. The Hall–Kier alpha value is -3.29. The molecule has 0 bridgehead atoms. The summed E-state index contributed by atoms with van der Waals surface area (Å²) in [5.74, 6) is -0.330. The monoisotopic (exact) mass is 1320 g/mol. The Morgan fingerprint density at radius 2 is 0.753 bits per heavy atom. The van der Waals surface area contributed by atoms with Gasteiger partial charge in [0.05, 0.1) is 38.6 Å². The lowest BCUT2D eigenvalue weighted by Gasteiger charge is -2.48. The van der Waals surface area contributed by atoms with E-state index in [0.29, 0.717) is 12.8 Å². The Labute approximate surface area is 558 Å². The summed E-state index contributed by atoms with van der Waals surface area (Å²) >= 11 is 0. The lowest BCUT2D eigenvalue weighted by Crippen LogP contribution is -2.66. The zero-order chi connectivity index (χ0) is 67.5. The fourth-order valence-electron chi connectivity index (χ4n) is 11.6. The van der Waals surface area contributed by atoms with Crippen molar-refractivity contribution in [2.75, 3.05) is 26.4 Å². The molecule has 3 aliphatic heterocycles. The first-order valence-electron chi connectivity index (χ1n) is 36.0. The molecule has 3 rings (SSSR count). The number of unbranched alkanes of at least 4 members (excludes halogenated alkanes) is 24. The number of carbonyl (C=O) groups excluding carboxylic acids is 1. The molecule has 1 amide bonds. The van der Waals surface area contributed by atoms with Crippen LogP contribution in [-0.2, 0) is 33.2 Å². The molecule has 536 valence electrons. The average molecular weight is 1320 g/mol. The van der Waals surface area contributed by atoms with E-state index in [1.807, 2.05) is 6.08 Å². The van der Waals surface area contributed by atoms with E-state index in [0.717, 1.165) is 70.6 Å². The minimum atomic E-state index is -1.99. The van der Waals surface area contributed by atoms with Crippen LogP contribution < -0.4 is 5.32 Å². The maximum atomic E-state index is 13.4. The maximum Gasteiger partial charge on any atom is 0.220 e. The third-order valence-corrected chi connectivity index (χ3v) is 17.4. The molecule has 0 aromatic rings. The van der Waals surface area contributed by atoms with Gasteiger partial charge in [-0.05, 0) is 83.5 Å². The lowest BCUT2D eigenvalue weighted by atomic mass is 9.96. The van der Waals surface area contributed by atoms with Crippen LogP contribution in [0.15, 0.2) is 97.2 Å². The third-order valence-electron chi connectivity index (χ3n) is 17.4. The Balaban J connectivity index is 1.46. The highest BCUT2D eigenvalue weighted by molar-refractivity contribution is 5.76. The predicted molar refractivity (Wildman–Crippen MR) is 364 cm³/mol. The molecule has 0 spiro atoms. The van der Waals surface area contributed by atoms with Crippen LogP contribution in [0.3, 0.4) is 0 Å². The number of aliphatic hydroxyl groups excluding tert-OH is 11. The van der Waals surface area contributed by atoms with Crippen LogP contribution in [0.4, 0.5) is 0 Å². The lowest BCUT2D eigenvalue weighted by molar-refractivity contribution is -0.379. The van der Waals surface area contributed by atoms with Crippen molar-refractivity contribution < 1.29 is 89.4 Å². The molecule has 3 heterocycles. The van der Waals surface area contributed by atoms with Crippen LogP contribution in [0.2, 0.25) is 0 Å². The van der Waals surface area contributed by atoms with E-state index in [-0.39, 0.29) is 12.3 Å². The first kappa shape index (κ1) is 83.9. The second kappa shape index (κ2) is 54.7. The SMILES string of the molecule is CC/C=C\C/C=C\C/C=C\C/C=C\C/C=C\C/C=C\CCCCC(=O)NC(COC1OC(CO)C(OC2OC(CO)C(OC3OC(CO)C(O)C(O)C3O)C(O)C2O)C(O)C1O)C(O)/C=C/CC/C=C/CCCCCCCCCCCCCCCCCCCCCCC. The van der Waals surface area contributed by atoms with E-state index < -0.39 is 131 Å². The van der Waals surface area contributed by atoms with Crippen LogP contribution in [0.5, 0.6) is 0 Å². The molecule has 0 radical (unpaired) electrons. The first-order chi connectivity index (χ1) is 45.3. The average Bonchev–Trinajstić information content (AvgIpc) is 1.48. The van der Waals surface area contributed by atoms with Gasteiger partial charge in [-0.25, -0.2) is 0 Å². The number of aliphatic hydroxyl groups is 11. The normalized spacial score (nSPS) is 28.1. The standard InChI is InChI=1S/C74H127NO18/c1-3-5-7-9-11-13-15-17-19-21-23-25-26-27-28-29-30-32-33-35-37-39-41-43-45-47-49-51-58(79)57(75-62(80)52-50-48-46-44-42-40-38-36-34-31-24-22-20-18-16-14-12-10-8-6-4-2)56-88-72-68(86)65(83)70(60(54-77)90-72)93-74-69(87)66(84)71(61(55-78)91-74)92-73-67(85)64(82)63(81)59(53-76)89-73/h6,8,12,14,18,20,24,31,36,38,41-44,49,51,57-61,63-74,76-79,81-87H,3-5,7,9-11,13,15-17,19,21-23,25-30,32-35,37,39-40,45-48,50,52-56H2,1-2H3,(H,75,80)/b8-6-,14-12-,20-18-,31-24-,38-36-,43-41+,44-42-,51-49+. The van der Waals surface area contributed by atoms with Gasteiger partial charge < -0.3 is 89.9 Å². The Morgan fingerprint density at radius 3 is 1.20 bits per heavy atom. The number of ether oxygens (including phenoxy) is 6. The maximum absolute atomic E-state index is 13.4. The topological polar surface area (TPSA) is 307 Å². The van der Waals surface area contributed by atoms with E-state index in [2.05, 4.69) is 104 Å². The molecule has 19 heteroatoms. The summed E-state index contributed by atoms with van der Waals surface area (Å²) in [7, 11) is 0. The molecule has 0 aromatic carbocycles. The van der Waals surface area contributed by atoms with Gasteiger partial charge in [0, 0.05) is 6.42 Å². The first-order valence-corrected chi connectivity index (χ1v) is 36.0. The Morgan fingerprint density at radius 1 is 0.398 bits per heavy atom.